The van der Waals surface area contributed by atoms with E-state index in [0.717, 1.165) is 16.3 Å². The van der Waals surface area contributed by atoms with Crippen molar-refractivity contribution in [3.8, 4) is 11.5 Å². The second kappa shape index (κ2) is 6.28. The molecule has 1 N–H and O–H groups in total. The van der Waals surface area contributed by atoms with Crippen LogP contribution in [0.2, 0.25) is 0 Å². The molecule has 0 aliphatic rings. The van der Waals surface area contributed by atoms with E-state index in [1.54, 1.807) is 14.2 Å². The average molecular weight is 273 g/mol. The molecule has 4 heteroatoms. The van der Waals surface area contributed by atoms with E-state index in [-0.39, 0.29) is 5.91 Å². The normalized spacial score (nSPS) is 10.3. The van der Waals surface area contributed by atoms with Gasteiger partial charge >= 0.3 is 0 Å². The summed E-state index contributed by atoms with van der Waals surface area (Å²) in [7, 11) is 3.23. The van der Waals surface area contributed by atoms with Crippen LogP contribution in [0.1, 0.15) is 12.5 Å². The summed E-state index contributed by atoms with van der Waals surface area (Å²) in [6.45, 7) is 2.56. The molecule has 4 nitrogen and oxygen atoms in total. The lowest BCUT2D eigenvalue weighted by Gasteiger charge is -2.10. The Morgan fingerprint density at radius 3 is 2.30 bits per heavy atom. The number of methoxy groups -OCH3 is 2. The summed E-state index contributed by atoms with van der Waals surface area (Å²) in [5.74, 6) is 1.43. The number of amides is 1. The van der Waals surface area contributed by atoms with Crippen molar-refractivity contribution in [2.45, 2.75) is 13.3 Å². The van der Waals surface area contributed by atoms with Crippen LogP contribution in [0.5, 0.6) is 11.5 Å². The molecule has 2 rings (SSSR count). The maximum Gasteiger partial charge on any atom is 0.224 e. The molecule has 0 atom stereocenters. The number of ether oxygens (including phenoxy) is 2. The predicted molar refractivity (Wildman–Crippen MR) is 79.4 cm³/mol. The summed E-state index contributed by atoms with van der Waals surface area (Å²) in [4.78, 5) is 11.6. The molecule has 0 saturated carbocycles. The van der Waals surface area contributed by atoms with Crippen LogP contribution in [0.15, 0.2) is 30.3 Å². The highest BCUT2D eigenvalue weighted by molar-refractivity contribution is 5.88. The van der Waals surface area contributed by atoms with Gasteiger partial charge in [-0.15, -0.1) is 0 Å². The average Bonchev–Trinajstić information content (AvgIpc) is 2.45. The number of likely N-dealkylation sites (N-methyl/N-ethyl adjacent to an activating group) is 1. The highest BCUT2D eigenvalue weighted by Gasteiger charge is 2.08. The van der Waals surface area contributed by atoms with E-state index in [1.165, 1.54) is 0 Å². The van der Waals surface area contributed by atoms with E-state index in [4.69, 9.17) is 9.47 Å². The van der Waals surface area contributed by atoms with Gasteiger partial charge in [0.1, 0.15) is 0 Å². The van der Waals surface area contributed by atoms with Gasteiger partial charge in [-0.2, -0.15) is 0 Å². The van der Waals surface area contributed by atoms with Crippen molar-refractivity contribution in [2.24, 2.45) is 0 Å². The van der Waals surface area contributed by atoms with Gasteiger partial charge in [-0.05, 0) is 35.4 Å². The van der Waals surface area contributed by atoms with Crippen molar-refractivity contribution >= 4 is 16.7 Å². The van der Waals surface area contributed by atoms with Crippen molar-refractivity contribution in [3.05, 3.63) is 35.9 Å². The Hall–Kier alpha value is -2.23. The Bertz CT molecular complexity index is 622. The van der Waals surface area contributed by atoms with Crippen molar-refractivity contribution in [1.29, 1.82) is 0 Å². The summed E-state index contributed by atoms with van der Waals surface area (Å²) in [6.07, 6.45) is 0.387. The Labute approximate surface area is 118 Å². The van der Waals surface area contributed by atoms with Crippen LogP contribution in [-0.2, 0) is 11.2 Å². The van der Waals surface area contributed by atoms with Crippen LogP contribution in [-0.4, -0.2) is 26.7 Å². The summed E-state index contributed by atoms with van der Waals surface area (Å²) in [6, 6.07) is 9.82. The minimum atomic E-state index is 0.0346. The highest BCUT2D eigenvalue weighted by atomic mass is 16.5. The fraction of sp³-hybridized carbons (Fsp3) is 0.312. The first-order valence-corrected chi connectivity index (χ1v) is 6.59. The lowest BCUT2D eigenvalue weighted by molar-refractivity contribution is -0.120. The van der Waals surface area contributed by atoms with E-state index in [1.807, 2.05) is 37.3 Å². The third-order valence-electron chi connectivity index (χ3n) is 3.15. The van der Waals surface area contributed by atoms with Gasteiger partial charge in [0.05, 0.1) is 20.6 Å². The first-order chi connectivity index (χ1) is 9.67. The molecule has 0 bridgehead atoms. The molecule has 1 amide bonds. The number of benzene rings is 2. The number of carbonyl (C=O) groups excluding carboxylic acids is 1. The van der Waals surface area contributed by atoms with Crippen LogP contribution < -0.4 is 14.8 Å². The maximum atomic E-state index is 11.6. The van der Waals surface area contributed by atoms with E-state index >= 15 is 0 Å². The van der Waals surface area contributed by atoms with Crippen LogP contribution in [0, 0.1) is 0 Å². The Morgan fingerprint density at radius 1 is 1.05 bits per heavy atom. The molecule has 2 aromatic rings. The summed E-state index contributed by atoms with van der Waals surface area (Å²) in [5, 5.41) is 4.89. The number of hydrogen-bond acceptors (Lipinski definition) is 3. The minimum absolute atomic E-state index is 0.0346. The van der Waals surface area contributed by atoms with Crippen molar-refractivity contribution in [1.82, 2.24) is 5.32 Å². The highest BCUT2D eigenvalue weighted by Crippen LogP contribution is 2.32. The smallest absolute Gasteiger partial charge is 0.224 e. The second-order valence-electron chi connectivity index (χ2n) is 4.52. The first kappa shape index (κ1) is 14.2. The molecule has 0 aromatic heterocycles. The van der Waals surface area contributed by atoms with Gasteiger partial charge in [0, 0.05) is 6.54 Å². The lowest BCUT2D eigenvalue weighted by Crippen LogP contribution is -2.24. The fourth-order valence-electron chi connectivity index (χ4n) is 2.18. The van der Waals surface area contributed by atoms with Gasteiger partial charge in [0.2, 0.25) is 5.91 Å². The predicted octanol–water partition coefficient (Wildman–Crippen LogP) is 2.54. The van der Waals surface area contributed by atoms with E-state index in [9.17, 15) is 4.79 Å². The number of hydrogen-bond donors (Lipinski definition) is 1. The Balaban J connectivity index is 2.35. The van der Waals surface area contributed by atoms with Gasteiger partial charge in [0.15, 0.2) is 11.5 Å². The number of carbonyl (C=O) groups is 1. The molecule has 2 aromatic carbocycles. The molecule has 106 valence electrons. The quantitative estimate of drug-likeness (QED) is 0.910. The summed E-state index contributed by atoms with van der Waals surface area (Å²) < 4.78 is 10.6. The van der Waals surface area contributed by atoms with E-state index in [0.29, 0.717) is 24.5 Å². The minimum Gasteiger partial charge on any atom is -0.493 e. The summed E-state index contributed by atoms with van der Waals surface area (Å²) >= 11 is 0. The molecule has 0 fully saturated rings. The van der Waals surface area contributed by atoms with E-state index in [2.05, 4.69) is 5.32 Å². The Kier molecular flexibility index (Phi) is 4.45. The molecule has 0 spiro atoms. The molecule has 0 heterocycles. The molecule has 0 aliphatic heterocycles. The third kappa shape index (κ3) is 3.02. The van der Waals surface area contributed by atoms with Gasteiger partial charge < -0.3 is 14.8 Å². The van der Waals surface area contributed by atoms with Crippen LogP contribution in [0.4, 0.5) is 0 Å². The van der Waals surface area contributed by atoms with Gasteiger partial charge in [-0.1, -0.05) is 18.2 Å². The molecule has 0 saturated heterocycles. The second-order valence-corrected chi connectivity index (χ2v) is 4.52. The van der Waals surface area contributed by atoms with Crippen molar-refractivity contribution in [2.75, 3.05) is 20.8 Å². The monoisotopic (exact) mass is 273 g/mol. The zero-order valence-electron chi connectivity index (χ0n) is 12.0. The van der Waals surface area contributed by atoms with Gasteiger partial charge in [-0.25, -0.2) is 0 Å². The Morgan fingerprint density at radius 2 is 1.70 bits per heavy atom. The fourth-order valence-corrected chi connectivity index (χ4v) is 2.18. The third-order valence-corrected chi connectivity index (χ3v) is 3.15. The van der Waals surface area contributed by atoms with Crippen LogP contribution >= 0.6 is 0 Å². The molecule has 0 aliphatic carbocycles. The van der Waals surface area contributed by atoms with Gasteiger partial charge in [-0.3, -0.25) is 4.79 Å². The molecular weight excluding hydrogens is 254 g/mol. The number of rotatable bonds is 5. The van der Waals surface area contributed by atoms with Crippen LogP contribution in [0.25, 0.3) is 10.8 Å². The standard InChI is InChI=1S/C16H19NO3/c1-4-17-16(18)8-11-5-6-12-9-14(19-2)15(20-3)10-13(12)7-11/h5-7,9-10H,4,8H2,1-3H3,(H,17,18). The summed E-state index contributed by atoms with van der Waals surface area (Å²) in [5.41, 5.74) is 0.982. The van der Waals surface area contributed by atoms with Crippen LogP contribution in [0.3, 0.4) is 0 Å². The zero-order chi connectivity index (χ0) is 14.5. The van der Waals surface area contributed by atoms with Gasteiger partial charge in [0.25, 0.3) is 0 Å². The first-order valence-electron chi connectivity index (χ1n) is 6.59. The number of fused-ring (bicyclic) bond motifs is 1. The zero-order valence-corrected chi connectivity index (χ0v) is 12.0. The van der Waals surface area contributed by atoms with Crippen molar-refractivity contribution in [3.63, 3.8) is 0 Å². The SMILES string of the molecule is CCNC(=O)Cc1ccc2cc(OC)c(OC)cc2c1. The van der Waals surface area contributed by atoms with Crippen molar-refractivity contribution < 1.29 is 14.3 Å². The topological polar surface area (TPSA) is 47.6 Å². The molecule has 0 unspecified atom stereocenters. The van der Waals surface area contributed by atoms with E-state index < -0.39 is 0 Å². The number of nitrogens with one attached hydrogen (secondary N) is 1. The molecule has 20 heavy (non-hydrogen) atoms. The largest absolute Gasteiger partial charge is 0.493 e. The lowest BCUT2D eigenvalue weighted by atomic mass is 10.0. The molecule has 0 radical (unpaired) electrons. The maximum absolute atomic E-state index is 11.6. The molecular formula is C16H19NO3.